The maximum atomic E-state index is 3.75. The monoisotopic (exact) mass is 239 g/mol. The van der Waals surface area contributed by atoms with E-state index in [4.69, 9.17) is 0 Å². The average Bonchev–Trinajstić information content (AvgIpc) is 2.72. The molecule has 1 rings (SSSR count). The Balaban J connectivity index is 1.95. The van der Waals surface area contributed by atoms with Crippen LogP contribution in [-0.4, -0.2) is 12.6 Å². The van der Waals surface area contributed by atoms with Crippen molar-refractivity contribution in [2.75, 3.05) is 6.54 Å². The second kappa shape index (κ2) is 8.97. The molecule has 1 N–H and O–H groups in total. The zero-order chi connectivity index (χ0) is 12.5. The molecule has 3 atom stereocenters. The average molecular weight is 239 g/mol. The summed E-state index contributed by atoms with van der Waals surface area (Å²) in [7, 11) is 0. The third-order valence-corrected chi connectivity index (χ3v) is 4.51. The van der Waals surface area contributed by atoms with Crippen LogP contribution in [0.4, 0.5) is 0 Å². The first-order valence-corrected chi connectivity index (χ1v) is 7.97. The molecule has 1 fully saturated rings. The molecule has 3 unspecified atom stereocenters. The Labute approximate surface area is 109 Å². The summed E-state index contributed by atoms with van der Waals surface area (Å²) in [5, 5.41) is 3.75. The van der Waals surface area contributed by atoms with Gasteiger partial charge in [0.2, 0.25) is 0 Å². The summed E-state index contributed by atoms with van der Waals surface area (Å²) in [5.74, 6) is 1.91. The van der Waals surface area contributed by atoms with E-state index in [1.54, 1.807) is 0 Å². The fraction of sp³-hybridized carbons (Fsp3) is 1.00. The van der Waals surface area contributed by atoms with Gasteiger partial charge in [0.1, 0.15) is 0 Å². The lowest BCUT2D eigenvalue weighted by molar-refractivity contribution is 0.362. The molecule has 0 amide bonds. The summed E-state index contributed by atoms with van der Waals surface area (Å²) in [6.45, 7) is 8.33. The molecule has 0 bridgehead atoms. The highest BCUT2D eigenvalue weighted by Crippen LogP contribution is 2.30. The first-order chi connectivity index (χ1) is 8.24. The van der Waals surface area contributed by atoms with Crippen molar-refractivity contribution in [2.24, 2.45) is 11.8 Å². The highest BCUT2D eigenvalue weighted by molar-refractivity contribution is 4.77. The maximum Gasteiger partial charge on any atom is 0.00388 e. The van der Waals surface area contributed by atoms with E-state index >= 15 is 0 Å². The number of unbranched alkanes of at least 4 members (excludes halogenated alkanes) is 4. The Morgan fingerprint density at radius 3 is 2.53 bits per heavy atom. The highest BCUT2D eigenvalue weighted by atomic mass is 14.9. The third-order valence-electron chi connectivity index (χ3n) is 4.51. The minimum atomic E-state index is 0.726. The lowest BCUT2D eigenvalue weighted by atomic mass is 9.97. The zero-order valence-electron chi connectivity index (χ0n) is 12.3. The first kappa shape index (κ1) is 15.0. The second-order valence-electron chi connectivity index (χ2n) is 6.18. The number of rotatable bonds is 9. The molecule has 0 aliphatic heterocycles. The van der Waals surface area contributed by atoms with Gasteiger partial charge < -0.3 is 5.32 Å². The summed E-state index contributed by atoms with van der Waals surface area (Å²) >= 11 is 0. The predicted octanol–water partition coefficient (Wildman–Crippen LogP) is 4.76. The van der Waals surface area contributed by atoms with Gasteiger partial charge in [-0.1, -0.05) is 58.8 Å². The van der Waals surface area contributed by atoms with Crippen LogP contribution in [0.2, 0.25) is 0 Å². The molecule has 102 valence electrons. The summed E-state index contributed by atoms with van der Waals surface area (Å²) in [6.07, 6.45) is 12.8. The van der Waals surface area contributed by atoms with Gasteiger partial charge in [0, 0.05) is 6.04 Å². The molecule has 0 aromatic rings. The van der Waals surface area contributed by atoms with Crippen molar-refractivity contribution in [3.05, 3.63) is 0 Å². The van der Waals surface area contributed by atoms with E-state index in [1.165, 1.54) is 64.3 Å². The first-order valence-electron chi connectivity index (χ1n) is 7.97. The van der Waals surface area contributed by atoms with Crippen molar-refractivity contribution in [1.29, 1.82) is 0 Å². The van der Waals surface area contributed by atoms with Crippen molar-refractivity contribution in [1.82, 2.24) is 5.32 Å². The fourth-order valence-electron chi connectivity index (χ4n) is 3.03. The van der Waals surface area contributed by atoms with Crippen LogP contribution in [0.1, 0.15) is 78.6 Å². The predicted molar refractivity (Wildman–Crippen MR) is 77.3 cm³/mol. The van der Waals surface area contributed by atoms with Crippen LogP contribution in [0.5, 0.6) is 0 Å². The van der Waals surface area contributed by atoms with E-state index in [0.29, 0.717) is 0 Å². The van der Waals surface area contributed by atoms with Crippen LogP contribution in [0.3, 0.4) is 0 Å². The fourth-order valence-corrected chi connectivity index (χ4v) is 3.03. The van der Waals surface area contributed by atoms with E-state index in [-0.39, 0.29) is 0 Å². The van der Waals surface area contributed by atoms with Gasteiger partial charge in [-0.2, -0.15) is 0 Å². The smallest absolute Gasteiger partial charge is 0.00388 e. The molecule has 0 heterocycles. The molecule has 1 nitrogen and oxygen atoms in total. The van der Waals surface area contributed by atoms with E-state index in [1.807, 2.05) is 0 Å². The summed E-state index contributed by atoms with van der Waals surface area (Å²) in [5.41, 5.74) is 0. The largest absolute Gasteiger partial charge is 0.314 e. The van der Waals surface area contributed by atoms with Crippen LogP contribution in [-0.2, 0) is 0 Å². The Morgan fingerprint density at radius 1 is 1.12 bits per heavy atom. The molecule has 1 saturated carbocycles. The molecule has 0 aromatic heterocycles. The Bertz CT molecular complexity index is 178. The Morgan fingerprint density at radius 2 is 1.88 bits per heavy atom. The number of hydrogen-bond acceptors (Lipinski definition) is 1. The van der Waals surface area contributed by atoms with Crippen LogP contribution in [0, 0.1) is 11.8 Å². The number of hydrogen-bond donors (Lipinski definition) is 1. The zero-order valence-corrected chi connectivity index (χ0v) is 12.3. The van der Waals surface area contributed by atoms with Gasteiger partial charge in [0.25, 0.3) is 0 Å². The molecule has 0 saturated heterocycles. The lowest BCUT2D eigenvalue weighted by Gasteiger charge is -2.20. The summed E-state index contributed by atoms with van der Waals surface area (Å²) in [4.78, 5) is 0. The quantitative estimate of drug-likeness (QED) is 0.572. The van der Waals surface area contributed by atoms with E-state index in [2.05, 4.69) is 26.1 Å². The Kier molecular flexibility index (Phi) is 7.92. The topological polar surface area (TPSA) is 12.0 Å². The molecule has 1 aliphatic rings. The van der Waals surface area contributed by atoms with Crippen LogP contribution < -0.4 is 5.32 Å². The van der Waals surface area contributed by atoms with Gasteiger partial charge in [-0.3, -0.25) is 0 Å². The standard InChI is InChI=1S/C16H33N/c1-4-5-6-7-8-11-15(3)17-13-16-12-9-10-14(16)2/h14-17H,4-13H2,1-3H3. The molecule has 1 aliphatic carbocycles. The van der Waals surface area contributed by atoms with Crippen LogP contribution in [0.25, 0.3) is 0 Å². The minimum Gasteiger partial charge on any atom is -0.314 e. The summed E-state index contributed by atoms with van der Waals surface area (Å²) in [6, 6.07) is 0.726. The Hall–Kier alpha value is -0.0400. The van der Waals surface area contributed by atoms with Crippen molar-refractivity contribution in [3.8, 4) is 0 Å². The van der Waals surface area contributed by atoms with Crippen molar-refractivity contribution in [2.45, 2.75) is 84.6 Å². The molecular weight excluding hydrogens is 206 g/mol. The van der Waals surface area contributed by atoms with E-state index < -0.39 is 0 Å². The van der Waals surface area contributed by atoms with Crippen LogP contribution >= 0.6 is 0 Å². The highest BCUT2D eigenvalue weighted by Gasteiger charge is 2.22. The summed E-state index contributed by atoms with van der Waals surface area (Å²) < 4.78 is 0. The van der Waals surface area contributed by atoms with E-state index in [9.17, 15) is 0 Å². The number of nitrogens with one attached hydrogen (secondary N) is 1. The molecule has 0 aromatic carbocycles. The second-order valence-corrected chi connectivity index (χ2v) is 6.18. The van der Waals surface area contributed by atoms with Gasteiger partial charge >= 0.3 is 0 Å². The van der Waals surface area contributed by atoms with Gasteiger partial charge in [-0.25, -0.2) is 0 Å². The normalized spacial score (nSPS) is 26.3. The molecular formula is C16H33N. The van der Waals surface area contributed by atoms with Gasteiger partial charge in [0.05, 0.1) is 0 Å². The van der Waals surface area contributed by atoms with Crippen molar-refractivity contribution in [3.63, 3.8) is 0 Å². The molecule has 0 spiro atoms. The van der Waals surface area contributed by atoms with Crippen molar-refractivity contribution >= 4 is 0 Å². The van der Waals surface area contributed by atoms with E-state index in [0.717, 1.165) is 17.9 Å². The third kappa shape index (κ3) is 6.45. The molecule has 1 heteroatoms. The molecule has 0 radical (unpaired) electrons. The SMILES string of the molecule is CCCCCCCC(C)NCC1CCCC1C. The van der Waals surface area contributed by atoms with Crippen LogP contribution in [0.15, 0.2) is 0 Å². The molecule has 17 heavy (non-hydrogen) atoms. The minimum absolute atomic E-state index is 0.726. The van der Waals surface area contributed by atoms with Gasteiger partial charge in [-0.05, 0) is 38.1 Å². The van der Waals surface area contributed by atoms with Crippen molar-refractivity contribution < 1.29 is 0 Å². The van der Waals surface area contributed by atoms with Gasteiger partial charge in [0.15, 0.2) is 0 Å². The maximum absolute atomic E-state index is 3.75. The van der Waals surface area contributed by atoms with Gasteiger partial charge in [-0.15, -0.1) is 0 Å². The lowest BCUT2D eigenvalue weighted by Crippen LogP contribution is -2.32.